The lowest BCUT2D eigenvalue weighted by Gasteiger charge is -2.08. The average molecular weight is 301 g/mol. The summed E-state index contributed by atoms with van der Waals surface area (Å²) < 4.78 is 23.5. The molecule has 6 heteroatoms. The number of nitrogens with one attached hydrogen (secondary N) is 1. The summed E-state index contributed by atoms with van der Waals surface area (Å²) in [5.74, 6) is -1.32. The Labute approximate surface area is 125 Å². The minimum Gasteiger partial charge on any atom is -0.494 e. The van der Waals surface area contributed by atoms with Crippen LogP contribution in [-0.2, 0) is 0 Å². The first-order valence-corrected chi connectivity index (χ1v) is 6.24. The number of halogens is 1. The maximum Gasteiger partial charge on any atom is 0.343 e. The maximum absolute atomic E-state index is 13.6. The molecule has 0 saturated heterocycles. The zero-order chi connectivity index (χ0) is 16.1. The highest BCUT2D eigenvalue weighted by Crippen LogP contribution is 2.22. The van der Waals surface area contributed by atoms with E-state index in [-0.39, 0.29) is 22.6 Å². The van der Waals surface area contributed by atoms with Gasteiger partial charge in [-0.05, 0) is 36.4 Å². The van der Waals surface area contributed by atoms with E-state index in [4.69, 9.17) is 14.9 Å². The number of rotatable bonds is 5. The van der Waals surface area contributed by atoms with Gasteiger partial charge in [0.1, 0.15) is 12.0 Å². The first kappa shape index (κ1) is 15.4. The van der Waals surface area contributed by atoms with E-state index in [9.17, 15) is 14.0 Å². The Balaban J connectivity index is 2.27. The summed E-state index contributed by atoms with van der Waals surface area (Å²) >= 11 is 0. The van der Waals surface area contributed by atoms with Gasteiger partial charge in [0, 0.05) is 17.3 Å². The van der Waals surface area contributed by atoms with Gasteiger partial charge in [-0.2, -0.15) is 0 Å². The monoisotopic (exact) mass is 301 g/mol. The van der Waals surface area contributed by atoms with Crippen LogP contribution in [-0.4, -0.2) is 25.6 Å². The molecule has 0 aliphatic heterocycles. The van der Waals surface area contributed by atoms with Gasteiger partial charge in [-0.15, -0.1) is 0 Å². The van der Waals surface area contributed by atoms with Crippen molar-refractivity contribution in [3.05, 3.63) is 58.9 Å². The van der Waals surface area contributed by atoms with E-state index in [0.717, 1.165) is 12.3 Å². The van der Waals surface area contributed by atoms with Crippen molar-refractivity contribution < 1.29 is 23.5 Å². The van der Waals surface area contributed by atoms with Gasteiger partial charge >= 0.3 is 5.97 Å². The molecule has 0 fully saturated rings. The van der Waals surface area contributed by atoms with Crippen LogP contribution in [0.15, 0.2) is 36.4 Å². The Morgan fingerprint density at radius 1 is 1.18 bits per heavy atom. The number of hydrogen-bond acceptors (Lipinski definition) is 5. The van der Waals surface area contributed by atoms with Crippen molar-refractivity contribution in [1.82, 2.24) is 0 Å². The molecular weight excluding hydrogens is 289 g/mol. The highest BCUT2D eigenvalue weighted by atomic mass is 19.1. The number of carbonyl (C=O) groups excluding carboxylic acids is 2. The molecule has 2 rings (SSSR count). The third-order valence-electron chi connectivity index (χ3n) is 2.92. The largest absolute Gasteiger partial charge is 0.494 e. The summed E-state index contributed by atoms with van der Waals surface area (Å²) in [6.07, 6.45) is 1.58. The number of benzene rings is 2. The standard InChI is InChI=1S/C16H12FNO4/c1-21-15-5-3-11(7-13(15)17)16(20)22-14-4-2-10(9-19)6-12(14)8-18/h2-9,18H,1H3. The molecule has 112 valence electrons. The highest BCUT2D eigenvalue weighted by molar-refractivity contribution is 5.93. The number of methoxy groups -OCH3 is 1. The summed E-state index contributed by atoms with van der Waals surface area (Å²) in [6.45, 7) is 0. The maximum atomic E-state index is 13.6. The lowest BCUT2D eigenvalue weighted by atomic mass is 10.1. The third kappa shape index (κ3) is 3.17. The summed E-state index contributed by atoms with van der Waals surface area (Å²) in [6, 6.07) is 7.97. The Hall–Kier alpha value is -3.02. The Morgan fingerprint density at radius 3 is 2.50 bits per heavy atom. The number of hydrogen-bond donors (Lipinski definition) is 1. The van der Waals surface area contributed by atoms with Crippen molar-refractivity contribution >= 4 is 18.5 Å². The van der Waals surface area contributed by atoms with Crippen molar-refractivity contribution in [3.63, 3.8) is 0 Å². The van der Waals surface area contributed by atoms with Crippen molar-refractivity contribution in [2.24, 2.45) is 0 Å². The molecule has 0 saturated carbocycles. The molecule has 2 aromatic carbocycles. The van der Waals surface area contributed by atoms with E-state index in [1.54, 1.807) is 0 Å². The van der Waals surface area contributed by atoms with Crippen LogP contribution >= 0.6 is 0 Å². The van der Waals surface area contributed by atoms with Crippen molar-refractivity contribution in [3.8, 4) is 11.5 Å². The minimum absolute atomic E-state index is 0.00805. The highest BCUT2D eigenvalue weighted by Gasteiger charge is 2.14. The average Bonchev–Trinajstić information content (AvgIpc) is 2.55. The van der Waals surface area contributed by atoms with Crippen molar-refractivity contribution in [2.45, 2.75) is 0 Å². The molecule has 0 amide bonds. The second kappa shape index (κ2) is 6.62. The predicted molar refractivity (Wildman–Crippen MR) is 77.6 cm³/mol. The van der Waals surface area contributed by atoms with Crippen LogP contribution in [0.4, 0.5) is 4.39 Å². The Kier molecular flexibility index (Phi) is 4.63. The van der Waals surface area contributed by atoms with E-state index >= 15 is 0 Å². The van der Waals surface area contributed by atoms with E-state index in [1.165, 1.54) is 37.4 Å². The van der Waals surface area contributed by atoms with Gasteiger partial charge in [0.15, 0.2) is 11.6 Å². The quantitative estimate of drug-likeness (QED) is 0.399. The molecule has 0 bridgehead atoms. The summed E-state index contributed by atoms with van der Waals surface area (Å²) in [5.41, 5.74) is 0.634. The van der Waals surface area contributed by atoms with E-state index < -0.39 is 11.8 Å². The van der Waals surface area contributed by atoms with Crippen LogP contribution in [0, 0.1) is 11.2 Å². The first-order chi connectivity index (χ1) is 10.6. The molecule has 0 heterocycles. The molecule has 1 N–H and O–H groups in total. The fourth-order valence-corrected chi connectivity index (χ4v) is 1.80. The molecule has 0 atom stereocenters. The molecule has 2 aromatic rings. The normalized spacial score (nSPS) is 9.91. The van der Waals surface area contributed by atoms with Crippen molar-refractivity contribution in [2.75, 3.05) is 7.11 Å². The third-order valence-corrected chi connectivity index (χ3v) is 2.92. The minimum atomic E-state index is -0.775. The molecular formula is C16H12FNO4. The van der Waals surface area contributed by atoms with Crippen LogP contribution in [0.1, 0.15) is 26.3 Å². The summed E-state index contributed by atoms with van der Waals surface area (Å²) in [7, 11) is 1.32. The molecule has 0 radical (unpaired) electrons. The van der Waals surface area contributed by atoms with Gasteiger partial charge < -0.3 is 14.9 Å². The second-order valence-corrected chi connectivity index (χ2v) is 4.30. The van der Waals surface area contributed by atoms with Gasteiger partial charge in [0.05, 0.1) is 12.7 Å². The SMILES string of the molecule is COc1ccc(C(=O)Oc2ccc(C=O)cc2C=N)cc1F. The zero-order valence-electron chi connectivity index (χ0n) is 11.6. The van der Waals surface area contributed by atoms with Gasteiger partial charge in [0.25, 0.3) is 0 Å². The predicted octanol–water partition coefficient (Wildman–Crippen LogP) is 2.86. The van der Waals surface area contributed by atoms with E-state index in [0.29, 0.717) is 11.8 Å². The lowest BCUT2D eigenvalue weighted by molar-refractivity contribution is 0.0734. The molecule has 0 unspecified atom stereocenters. The molecule has 0 aliphatic carbocycles. The van der Waals surface area contributed by atoms with Gasteiger partial charge in [-0.25, -0.2) is 9.18 Å². The smallest absolute Gasteiger partial charge is 0.343 e. The van der Waals surface area contributed by atoms with Gasteiger partial charge in [-0.1, -0.05) is 0 Å². The first-order valence-electron chi connectivity index (χ1n) is 6.24. The van der Waals surface area contributed by atoms with Crippen molar-refractivity contribution in [1.29, 1.82) is 5.41 Å². The van der Waals surface area contributed by atoms with Gasteiger partial charge in [0.2, 0.25) is 0 Å². The molecule has 5 nitrogen and oxygen atoms in total. The van der Waals surface area contributed by atoms with Crippen LogP contribution in [0.5, 0.6) is 11.5 Å². The fourth-order valence-electron chi connectivity index (χ4n) is 1.80. The fraction of sp³-hybridized carbons (Fsp3) is 0.0625. The summed E-state index contributed by atoms with van der Waals surface area (Å²) in [4.78, 5) is 22.7. The molecule has 0 aromatic heterocycles. The molecule has 0 aliphatic rings. The number of ether oxygens (including phenoxy) is 2. The van der Waals surface area contributed by atoms with E-state index in [2.05, 4.69) is 0 Å². The summed E-state index contributed by atoms with van der Waals surface area (Å²) in [5, 5.41) is 7.28. The Bertz CT molecular complexity index is 743. The molecule has 22 heavy (non-hydrogen) atoms. The number of carbonyl (C=O) groups is 2. The van der Waals surface area contributed by atoms with Crippen LogP contribution in [0.2, 0.25) is 0 Å². The topological polar surface area (TPSA) is 76.5 Å². The second-order valence-electron chi connectivity index (χ2n) is 4.30. The van der Waals surface area contributed by atoms with Crippen LogP contribution in [0.3, 0.4) is 0 Å². The van der Waals surface area contributed by atoms with Crippen LogP contribution in [0.25, 0.3) is 0 Å². The Morgan fingerprint density at radius 2 is 1.91 bits per heavy atom. The zero-order valence-corrected chi connectivity index (χ0v) is 11.6. The lowest BCUT2D eigenvalue weighted by Crippen LogP contribution is -2.10. The number of aldehydes is 1. The van der Waals surface area contributed by atoms with Gasteiger partial charge in [-0.3, -0.25) is 4.79 Å². The number of esters is 1. The van der Waals surface area contributed by atoms with E-state index in [1.807, 2.05) is 0 Å². The van der Waals surface area contributed by atoms with Crippen LogP contribution < -0.4 is 9.47 Å². The molecule has 0 spiro atoms.